The lowest BCUT2D eigenvalue weighted by Crippen LogP contribution is -2.21. The summed E-state index contributed by atoms with van der Waals surface area (Å²) in [6.45, 7) is 6.26. The Labute approximate surface area is 218 Å². The molecule has 0 spiro atoms. The SMILES string of the molecule is Cc1ccc(SC(NC(=O)c2cccs2)=C(Sc2ccc(C)cc2)Sc2ccc(C)cc2)cc1. The second-order valence-corrected chi connectivity index (χ2v) is 12.3. The number of hydrogen-bond acceptors (Lipinski definition) is 5. The zero-order valence-electron chi connectivity index (χ0n) is 19.2. The molecule has 2 nitrogen and oxygen atoms in total. The maximum absolute atomic E-state index is 13.1. The number of carbonyl (C=O) groups excluding carboxylic acids is 1. The van der Waals surface area contributed by atoms with E-state index >= 15 is 0 Å². The van der Waals surface area contributed by atoms with Crippen molar-refractivity contribution in [2.45, 2.75) is 35.5 Å². The third-order valence-corrected chi connectivity index (χ3v) is 9.30. The van der Waals surface area contributed by atoms with Crippen molar-refractivity contribution in [3.05, 3.63) is 121 Å². The molecule has 1 aromatic heterocycles. The van der Waals surface area contributed by atoms with Gasteiger partial charge in [0.2, 0.25) is 0 Å². The van der Waals surface area contributed by atoms with Gasteiger partial charge in [0.15, 0.2) is 0 Å². The van der Waals surface area contributed by atoms with Crippen molar-refractivity contribution in [3.8, 4) is 0 Å². The molecule has 0 bridgehead atoms. The molecule has 3 aromatic carbocycles. The third kappa shape index (κ3) is 7.06. The summed E-state index contributed by atoms with van der Waals surface area (Å²) in [4.78, 5) is 17.1. The van der Waals surface area contributed by atoms with Crippen molar-refractivity contribution < 1.29 is 4.79 Å². The second kappa shape index (κ2) is 11.8. The van der Waals surface area contributed by atoms with Crippen LogP contribution in [0.5, 0.6) is 0 Å². The smallest absolute Gasteiger partial charge is 0.266 e. The van der Waals surface area contributed by atoms with E-state index in [-0.39, 0.29) is 5.91 Å². The Morgan fingerprint density at radius 3 is 1.50 bits per heavy atom. The predicted octanol–water partition coefficient (Wildman–Crippen LogP) is 8.91. The summed E-state index contributed by atoms with van der Waals surface area (Å²) in [5.74, 6) is -0.0869. The van der Waals surface area contributed by atoms with Crippen LogP contribution in [-0.4, -0.2) is 5.91 Å². The minimum Gasteiger partial charge on any atom is -0.314 e. The van der Waals surface area contributed by atoms with Crippen LogP contribution in [0.4, 0.5) is 0 Å². The molecule has 4 aromatic rings. The number of rotatable bonds is 8. The average molecular weight is 520 g/mol. The number of thioether (sulfide) groups is 3. The largest absolute Gasteiger partial charge is 0.314 e. The molecule has 0 saturated carbocycles. The van der Waals surface area contributed by atoms with Gasteiger partial charge in [-0.05, 0) is 68.6 Å². The van der Waals surface area contributed by atoms with Crippen molar-refractivity contribution in [2.24, 2.45) is 0 Å². The van der Waals surface area contributed by atoms with Gasteiger partial charge in [0, 0.05) is 14.7 Å². The summed E-state index contributed by atoms with van der Waals surface area (Å²) in [6.07, 6.45) is 0. The van der Waals surface area contributed by atoms with E-state index in [4.69, 9.17) is 0 Å². The monoisotopic (exact) mass is 519 g/mol. The lowest BCUT2D eigenvalue weighted by atomic mass is 10.2. The highest BCUT2D eigenvalue weighted by Gasteiger charge is 2.17. The summed E-state index contributed by atoms with van der Waals surface area (Å²) in [5.41, 5.74) is 3.66. The van der Waals surface area contributed by atoms with Gasteiger partial charge >= 0.3 is 0 Å². The molecule has 0 fully saturated rings. The normalized spacial score (nSPS) is 10.7. The number of carbonyl (C=O) groups is 1. The second-order valence-electron chi connectivity index (χ2n) is 7.79. The third-order valence-electron chi connectivity index (χ3n) is 4.86. The first kappa shape index (κ1) is 24.7. The maximum Gasteiger partial charge on any atom is 0.266 e. The van der Waals surface area contributed by atoms with E-state index in [9.17, 15) is 4.79 Å². The Balaban J connectivity index is 1.75. The molecule has 0 atom stereocenters. The van der Waals surface area contributed by atoms with Gasteiger partial charge in [-0.15, -0.1) is 11.3 Å². The van der Waals surface area contributed by atoms with E-state index in [1.807, 2.05) is 17.5 Å². The van der Waals surface area contributed by atoms with E-state index in [1.165, 1.54) is 28.0 Å². The standard InChI is InChI=1S/C28H25NOS4/c1-19-6-12-22(13-7-19)32-27(29-26(30)25-5-4-18-31-25)28(33-23-14-8-20(2)9-15-23)34-24-16-10-21(3)11-17-24/h4-18H,1-3H3,(H,29,30). The van der Waals surface area contributed by atoms with Gasteiger partial charge in [-0.25, -0.2) is 0 Å². The number of amides is 1. The predicted molar refractivity (Wildman–Crippen MR) is 150 cm³/mol. The van der Waals surface area contributed by atoms with Crippen LogP contribution in [-0.2, 0) is 0 Å². The Morgan fingerprint density at radius 1 is 0.647 bits per heavy atom. The quantitative estimate of drug-likeness (QED) is 0.235. The highest BCUT2D eigenvalue weighted by Crippen LogP contribution is 2.45. The van der Waals surface area contributed by atoms with Crippen LogP contribution < -0.4 is 5.32 Å². The van der Waals surface area contributed by atoms with Gasteiger partial charge in [0.25, 0.3) is 5.91 Å². The molecule has 34 heavy (non-hydrogen) atoms. The van der Waals surface area contributed by atoms with E-state index in [0.29, 0.717) is 4.88 Å². The molecular formula is C28H25NOS4. The van der Waals surface area contributed by atoms with Crippen LogP contribution in [0.2, 0.25) is 0 Å². The van der Waals surface area contributed by atoms with Crippen LogP contribution in [0.25, 0.3) is 0 Å². The first-order chi connectivity index (χ1) is 16.5. The highest BCUT2D eigenvalue weighted by atomic mass is 32.2. The van der Waals surface area contributed by atoms with Crippen molar-refractivity contribution in [2.75, 3.05) is 0 Å². The molecule has 0 aliphatic rings. The van der Waals surface area contributed by atoms with Crippen molar-refractivity contribution in [1.82, 2.24) is 5.32 Å². The topological polar surface area (TPSA) is 29.1 Å². The van der Waals surface area contributed by atoms with Crippen LogP contribution >= 0.6 is 46.6 Å². The van der Waals surface area contributed by atoms with Crippen molar-refractivity contribution >= 4 is 52.5 Å². The summed E-state index contributed by atoms with van der Waals surface area (Å²) in [5, 5.41) is 5.98. The van der Waals surface area contributed by atoms with Crippen LogP contribution in [0.3, 0.4) is 0 Å². The molecule has 0 aliphatic carbocycles. The molecule has 0 aliphatic heterocycles. The maximum atomic E-state index is 13.1. The molecule has 172 valence electrons. The number of benzene rings is 3. The van der Waals surface area contributed by atoms with Gasteiger partial charge in [-0.1, -0.05) is 94.4 Å². The van der Waals surface area contributed by atoms with E-state index in [1.54, 1.807) is 35.3 Å². The van der Waals surface area contributed by atoms with E-state index in [0.717, 1.165) is 24.0 Å². The number of thiophene rings is 1. The Morgan fingerprint density at radius 2 is 1.09 bits per heavy atom. The zero-order chi connectivity index (χ0) is 23.9. The van der Waals surface area contributed by atoms with Crippen LogP contribution in [0.15, 0.2) is 114 Å². The zero-order valence-corrected chi connectivity index (χ0v) is 22.5. The number of hydrogen-bond donors (Lipinski definition) is 1. The minimum atomic E-state index is -0.0869. The fourth-order valence-electron chi connectivity index (χ4n) is 2.96. The van der Waals surface area contributed by atoms with Crippen LogP contribution in [0.1, 0.15) is 26.4 Å². The molecule has 0 radical (unpaired) electrons. The van der Waals surface area contributed by atoms with Crippen molar-refractivity contribution in [3.63, 3.8) is 0 Å². The van der Waals surface area contributed by atoms with Gasteiger partial charge < -0.3 is 5.32 Å². The summed E-state index contributed by atoms with van der Waals surface area (Å²) in [6, 6.07) is 29.1. The van der Waals surface area contributed by atoms with Gasteiger partial charge in [-0.2, -0.15) is 0 Å². The molecule has 0 unspecified atom stereocenters. The van der Waals surface area contributed by atoms with Gasteiger partial charge in [-0.3, -0.25) is 4.79 Å². The fourth-order valence-corrected chi connectivity index (χ4v) is 6.81. The average Bonchev–Trinajstić information content (AvgIpc) is 3.38. The number of nitrogens with one attached hydrogen (secondary N) is 1. The summed E-state index contributed by atoms with van der Waals surface area (Å²) < 4.78 is 1.03. The minimum absolute atomic E-state index is 0.0869. The number of aryl methyl sites for hydroxylation is 3. The summed E-state index contributed by atoms with van der Waals surface area (Å²) in [7, 11) is 0. The molecule has 4 rings (SSSR count). The highest BCUT2D eigenvalue weighted by molar-refractivity contribution is 8.23. The first-order valence-electron chi connectivity index (χ1n) is 10.8. The van der Waals surface area contributed by atoms with Crippen LogP contribution in [0, 0.1) is 20.8 Å². The van der Waals surface area contributed by atoms with Gasteiger partial charge in [0.1, 0.15) is 5.03 Å². The lowest BCUT2D eigenvalue weighted by Gasteiger charge is -2.16. The molecule has 1 heterocycles. The molecule has 1 amide bonds. The fraction of sp³-hybridized carbons (Fsp3) is 0.107. The van der Waals surface area contributed by atoms with E-state index in [2.05, 4.69) is 98.9 Å². The molecule has 1 N–H and O–H groups in total. The summed E-state index contributed by atoms with van der Waals surface area (Å²) >= 11 is 6.39. The Kier molecular flexibility index (Phi) is 8.62. The van der Waals surface area contributed by atoms with Crippen molar-refractivity contribution in [1.29, 1.82) is 0 Å². The Bertz CT molecular complexity index is 1210. The molecule has 0 saturated heterocycles. The first-order valence-corrected chi connectivity index (χ1v) is 14.1. The molecule has 6 heteroatoms. The Hall–Kier alpha value is -2.38. The lowest BCUT2D eigenvalue weighted by molar-refractivity contribution is 0.0973. The van der Waals surface area contributed by atoms with Gasteiger partial charge in [0.05, 0.1) is 9.11 Å². The van der Waals surface area contributed by atoms with E-state index < -0.39 is 0 Å². The molecular weight excluding hydrogens is 495 g/mol.